The molecule has 2 aliphatic rings. The lowest BCUT2D eigenvalue weighted by Crippen LogP contribution is -2.35. The summed E-state index contributed by atoms with van der Waals surface area (Å²) in [6.07, 6.45) is 9.24. The Morgan fingerprint density at radius 1 is 0.873 bits per heavy atom. The highest BCUT2D eigenvalue weighted by Crippen LogP contribution is 2.38. The minimum Gasteiger partial charge on any atom is -0.493 e. The fourth-order valence-electron chi connectivity index (χ4n) is 7.67. The molecule has 1 fully saturated rings. The first kappa shape index (κ1) is 41.8. The maximum absolute atomic E-state index is 13.5. The van der Waals surface area contributed by atoms with E-state index < -0.39 is 11.8 Å². The summed E-state index contributed by atoms with van der Waals surface area (Å²) in [6.45, 7) is 7.44. The molecule has 6 heterocycles. The van der Waals surface area contributed by atoms with E-state index in [1.807, 2.05) is 25.1 Å². The van der Waals surface area contributed by atoms with Gasteiger partial charge in [0.05, 0.1) is 54.1 Å². The number of hydrogen-bond donors (Lipinski definition) is 4. The molecule has 63 heavy (non-hydrogen) atoms. The number of aryl methyl sites for hydroxylation is 3. The average molecular weight is 855 g/mol. The molecule has 8 rings (SSSR count). The SMILES string of the molecule is C=C1C[C@H]2C=Nc3cc(OCCCC(=O)Nc4cn(C)c(C(=O)Nc5cc(C(=O)Nc6cc(C(=O)n7ncc8cc(NCC)ccc87)n(C)c6)n(C)c5)n4)c(OC)cc3C(=O)N2C1. The number of aromatic nitrogens is 6. The van der Waals surface area contributed by atoms with Crippen LogP contribution in [0.1, 0.15) is 68.1 Å². The van der Waals surface area contributed by atoms with Crippen molar-refractivity contribution in [1.29, 1.82) is 0 Å². The monoisotopic (exact) mass is 854 g/mol. The highest BCUT2D eigenvalue weighted by molar-refractivity contribution is 6.08. The Morgan fingerprint density at radius 2 is 1.62 bits per heavy atom. The molecule has 4 amide bonds. The number of amides is 4. The van der Waals surface area contributed by atoms with Gasteiger partial charge in [-0.3, -0.25) is 29.0 Å². The van der Waals surface area contributed by atoms with Crippen molar-refractivity contribution in [3.05, 3.63) is 102 Å². The molecule has 0 bridgehead atoms. The van der Waals surface area contributed by atoms with E-state index in [-0.39, 0.29) is 54.1 Å². The lowest BCUT2D eigenvalue weighted by Gasteiger charge is -2.20. The van der Waals surface area contributed by atoms with Crippen LogP contribution in [-0.4, -0.2) is 102 Å². The molecule has 0 radical (unpaired) electrons. The minimum atomic E-state index is -0.564. The Morgan fingerprint density at radius 3 is 2.38 bits per heavy atom. The second-order valence-corrected chi connectivity index (χ2v) is 15.3. The van der Waals surface area contributed by atoms with E-state index in [1.165, 1.54) is 28.6 Å². The summed E-state index contributed by atoms with van der Waals surface area (Å²) in [5.74, 6) is -0.893. The Bertz CT molecular complexity index is 2860. The summed E-state index contributed by atoms with van der Waals surface area (Å²) in [7, 11) is 6.48. The van der Waals surface area contributed by atoms with Crippen LogP contribution in [0, 0.1) is 0 Å². The van der Waals surface area contributed by atoms with Crippen LogP contribution < -0.4 is 30.7 Å². The van der Waals surface area contributed by atoms with Gasteiger partial charge in [-0.2, -0.15) is 9.78 Å². The summed E-state index contributed by atoms with van der Waals surface area (Å²) in [5, 5.41) is 16.7. The van der Waals surface area contributed by atoms with Crippen molar-refractivity contribution >= 4 is 75.2 Å². The maximum atomic E-state index is 13.5. The van der Waals surface area contributed by atoms with Crippen molar-refractivity contribution < 1.29 is 33.4 Å². The number of carbonyl (C=O) groups is 5. The third-order valence-electron chi connectivity index (χ3n) is 10.7. The number of imidazole rings is 1. The van der Waals surface area contributed by atoms with Crippen LogP contribution in [0.15, 0.2) is 84.4 Å². The summed E-state index contributed by atoms with van der Waals surface area (Å²) in [4.78, 5) is 77.0. The van der Waals surface area contributed by atoms with Crippen molar-refractivity contribution in [2.75, 3.05) is 48.1 Å². The number of benzene rings is 2. The lowest BCUT2D eigenvalue weighted by molar-refractivity contribution is -0.116. The molecule has 0 saturated carbocycles. The topological polar surface area (TPSA) is 213 Å². The van der Waals surface area contributed by atoms with Gasteiger partial charge >= 0.3 is 0 Å². The predicted octanol–water partition coefficient (Wildman–Crippen LogP) is 5.36. The van der Waals surface area contributed by atoms with Crippen molar-refractivity contribution in [2.45, 2.75) is 32.2 Å². The fourth-order valence-corrected chi connectivity index (χ4v) is 7.67. The predicted molar refractivity (Wildman–Crippen MR) is 237 cm³/mol. The normalized spacial score (nSPS) is 14.3. The van der Waals surface area contributed by atoms with Gasteiger partial charge in [0.25, 0.3) is 23.6 Å². The largest absolute Gasteiger partial charge is 0.493 e. The third-order valence-corrected chi connectivity index (χ3v) is 10.7. The Hall–Kier alpha value is -7.96. The molecule has 1 saturated heterocycles. The first-order valence-electron chi connectivity index (χ1n) is 20.2. The number of carbonyl (C=O) groups excluding carboxylic acids is 5. The number of nitrogens with zero attached hydrogens (tertiary/aromatic N) is 8. The molecule has 4 aromatic heterocycles. The maximum Gasteiger partial charge on any atom is 0.295 e. The number of hydrogen-bond acceptors (Lipinski definition) is 11. The van der Waals surface area contributed by atoms with Crippen LogP contribution in [0.4, 0.5) is 28.6 Å². The van der Waals surface area contributed by atoms with E-state index in [0.717, 1.165) is 23.2 Å². The number of aliphatic imine (C=N–C) groups is 1. The summed E-state index contributed by atoms with van der Waals surface area (Å²) in [6, 6.07) is 11.9. The number of rotatable bonds is 14. The quantitative estimate of drug-likeness (QED) is 0.0813. The second kappa shape index (κ2) is 17.2. The van der Waals surface area contributed by atoms with Crippen molar-refractivity contribution in [3.63, 3.8) is 0 Å². The van der Waals surface area contributed by atoms with Gasteiger partial charge in [0.15, 0.2) is 17.3 Å². The molecule has 4 N–H and O–H groups in total. The molecule has 0 unspecified atom stereocenters. The Labute approximate surface area is 361 Å². The number of methoxy groups -OCH3 is 1. The molecule has 19 nitrogen and oxygen atoms in total. The molecule has 1 atom stereocenters. The van der Waals surface area contributed by atoms with E-state index in [1.54, 1.807) is 78.2 Å². The van der Waals surface area contributed by atoms with Crippen molar-refractivity contribution in [2.24, 2.45) is 26.1 Å². The standard InChI is InChI=1S/C44H46N12O7/c1-7-45-27-10-11-33-26(14-27)19-47-56(33)44(61)35-16-29(23-53(35)4)48-41(58)34-15-28(22-52(34)3)49-42(59)40-51-38(24-54(40)5)50-39(57)9-8-12-63-37-18-32-31(17-36(37)62-6)43(60)55-21-25(2)13-30(55)20-46-32/h10-11,14-20,22-24,30,45H,2,7-9,12-13,21H2,1,3-6H3,(H,48,58)(H,49,59)(H,50,57)/t30-/m0/s1. The third kappa shape index (κ3) is 8.52. The molecule has 2 aromatic carbocycles. The van der Waals surface area contributed by atoms with Crippen LogP contribution in [0.5, 0.6) is 11.5 Å². The molecular formula is C44H46N12O7. The molecule has 0 spiro atoms. The zero-order valence-corrected chi connectivity index (χ0v) is 35.4. The van der Waals surface area contributed by atoms with Crippen LogP contribution >= 0.6 is 0 Å². The molecular weight excluding hydrogens is 809 g/mol. The van der Waals surface area contributed by atoms with Gasteiger partial charge in [0.1, 0.15) is 11.4 Å². The lowest BCUT2D eigenvalue weighted by atomic mass is 10.1. The first-order valence-corrected chi connectivity index (χ1v) is 20.2. The van der Waals surface area contributed by atoms with Crippen molar-refractivity contribution in [3.8, 4) is 11.5 Å². The number of ether oxygens (including phenoxy) is 2. The van der Waals surface area contributed by atoms with Crippen molar-refractivity contribution in [1.82, 2.24) is 33.4 Å². The summed E-state index contributed by atoms with van der Waals surface area (Å²) in [5.41, 5.74) is 4.74. The van der Waals surface area contributed by atoms with E-state index in [2.05, 4.69) is 42.9 Å². The highest BCUT2D eigenvalue weighted by Gasteiger charge is 2.34. The van der Waals surface area contributed by atoms with Gasteiger partial charge in [-0.1, -0.05) is 12.2 Å². The van der Waals surface area contributed by atoms with E-state index in [9.17, 15) is 24.0 Å². The van der Waals surface area contributed by atoms with Gasteiger partial charge in [-0.15, -0.1) is 0 Å². The van der Waals surface area contributed by atoms with Crippen LogP contribution in [0.2, 0.25) is 0 Å². The van der Waals surface area contributed by atoms with E-state index in [0.29, 0.717) is 64.7 Å². The summed E-state index contributed by atoms with van der Waals surface area (Å²) < 4.78 is 17.5. The number of fused-ring (bicyclic) bond motifs is 3. The number of anilines is 4. The van der Waals surface area contributed by atoms with Crippen LogP contribution in [-0.2, 0) is 25.9 Å². The van der Waals surface area contributed by atoms with Gasteiger partial charge in [0.2, 0.25) is 11.7 Å². The molecule has 2 aliphatic heterocycles. The van der Waals surface area contributed by atoms with Crippen LogP contribution in [0.3, 0.4) is 0 Å². The Kier molecular flexibility index (Phi) is 11.4. The minimum absolute atomic E-state index is 0.0230. The fraction of sp³-hybridized carbons (Fsp3) is 0.273. The zero-order chi connectivity index (χ0) is 44.5. The molecule has 19 heteroatoms. The van der Waals surface area contributed by atoms with Crippen LogP contribution in [0.25, 0.3) is 10.9 Å². The number of nitrogens with one attached hydrogen (secondary N) is 4. The molecule has 6 aromatic rings. The molecule has 0 aliphatic carbocycles. The first-order chi connectivity index (χ1) is 30.3. The van der Waals surface area contributed by atoms with E-state index in [4.69, 9.17) is 9.47 Å². The van der Waals surface area contributed by atoms with Gasteiger partial charge in [-0.25, -0.2) is 4.98 Å². The van der Waals surface area contributed by atoms with Gasteiger partial charge in [0, 0.05) is 82.6 Å². The smallest absolute Gasteiger partial charge is 0.295 e. The molecule has 324 valence electrons. The van der Waals surface area contributed by atoms with Gasteiger partial charge < -0.3 is 49.3 Å². The zero-order valence-electron chi connectivity index (χ0n) is 35.4. The highest BCUT2D eigenvalue weighted by atomic mass is 16.5. The second-order valence-electron chi connectivity index (χ2n) is 15.3. The Balaban J connectivity index is 0.834. The van der Waals surface area contributed by atoms with E-state index >= 15 is 0 Å². The van der Waals surface area contributed by atoms with Gasteiger partial charge in [-0.05, 0) is 56.2 Å². The summed E-state index contributed by atoms with van der Waals surface area (Å²) >= 11 is 0. The average Bonchev–Trinajstić information content (AvgIpc) is 4.08.